The third-order valence-electron chi connectivity index (χ3n) is 2.95. The molecule has 0 bridgehead atoms. The van der Waals surface area contributed by atoms with Crippen LogP contribution in [0.15, 0.2) is 20.0 Å². The molecule has 1 unspecified atom stereocenters. The number of hydrogen-bond donors (Lipinski definition) is 2. The van der Waals surface area contributed by atoms with E-state index in [-0.39, 0.29) is 21.4 Å². The van der Waals surface area contributed by atoms with E-state index in [9.17, 15) is 13.2 Å². The molecule has 0 saturated heterocycles. The lowest BCUT2D eigenvalue weighted by Crippen LogP contribution is -2.32. The van der Waals surface area contributed by atoms with Gasteiger partial charge in [-0.1, -0.05) is 12.8 Å². The first kappa shape index (κ1) is 14.5. The van der Waals surface area contributed by atoms with Gasteiger partial charge in [-0.05, 0) is 35.2 Å². The van der Waals surface area contributed by atoms with E-state index < -0.39 is 15.9 Å². The number of furan rings is 1. The van der Waals surface area contributed by atoms with Gasteiger partial charge in [0.05, 0.1) is 0 Å². The van der Waals surface area contributed by atoms with Crippen LogP contribution in [0.25, 0.3) is 0 Å². The van der Waals surface area contributed by atoms with Crippen LogP contribution in [0.4, 0.5) is 0 Å². The number of sulfonamides is 1. The minimum absolute atomic E-state index is 0.0295. The van der Waals surface area contributed by atoms with Gasteiger partial charge in [-0.15, -0.1) is 0 Å². The fourth-order valence-corrected chi connectivity index (χ4v) is 3.37. The van der Waals surface area contributed by atoms with Crippen molar-refractivity contribution in [2.24, 2.45) is 11.1 Å². The van der Waals surface area contributed by atoms with Crippen LogP contribution in [0.2, 0.25) is 0 Å². The second kappa shape index (κ2) is 5.26. The molecule has 1 aliphatic rings. The van der Waals surface area contributed by atoms with E-state index in [4.69, 9.17) is 9.56 Å². The number of halogens is 1. The lowest BCUT2D eigenvalue weighted by molar-refractivity contribution is 0.0908. The van der Waals surface area contributed by atoms with E-state index in [2.05, 4.69) is 21.2 Å². The van der Waals surface area contributed by atoms with Gasteiger partial charge in [-0.3, -0.25) is 4.79 Å². The second-order valence-corrected chi connectivity index (χ2v) is 7.10. The van der Waals surface area contributed by atoms with Crippen molar-refractivity contribution in [1.29, 1.82) is 0 Å². The number of nitrogens with one attached hydrogen (secondary N) is 1. The molecule has 1 fully saturated rings. The number of nitrogens with two attached hydrogens (primary N) is 1. The molecule has 0 spiro atoms. The van der Waals surface area contributed by atoms with Crippen LogP contribution in [0.3, 0.4) is 0 Å². The van der Waals surface area contributed by atoms with E-state index in [0.29, 0.717) is 5.92 Å². The van der Waals surface area contributed by atoms with E-state index in [1.165, 1.54) is 12.8 Å². The Kier molecular flexibility index (Phi) is 4.03. The maximum absolute atomic E-state index is 11.9. The van der Waals surface area contributed by atoms with Crippen molar-refractivity contribution in [2.75, 3.05) is 0 Å². The highest BCUT2D eigenvalue weighted by atomic mass is 79.9. The predicted molar refractivity (Wildman–Crippen MR) is 72.1 cm³/mol. The number of primary sulfonamides is 1. The molecule has 1 amide bonds. The Morgan fingerprint density at radius 3 is 2.74 bits per heavy atom. The molecule has 1 aromatic heterocycles. The number of amides is 1. The first-order chi connectivity index (χ1) is 8.77. The van der Waals surface area contributed by atoms with Crippen LogP contribution < -0.4 is 10.5 Å². The smallest absolute Gasteiger partial charge is 0.287 e. The summed E-state index contributed by atoms with van der Waals surface area (Å²) in [6.07, 6.45) is 3.35. The van der Waals surface area contributed by atoms with Crippen molar-refractivity contribution in [3.05, 3.63) is 16.5 Å². The molecule has 3 N–H and O–H groups in total. The summed E-state index contributed by atoms with van der Waals surface area (Å²) in [5.41, 5.74) is 0. The van der Waals surface area contributed by atoms with Gasteiger partial charge in [0.25, 0.3) is 5.91 Å². The third-order valence-corrected chi connectivity index (χ3v) is 4.71. The molecule has 19 heavy (non-hydrogen) atoms. The molecule has 0 aliphatic heterocycles. The second-order valence-electron chi connectivity index (χ2n) is 4.85. The molecular formula is C11H15BrN2O4S. The lowest BCUT2D eigenvalue weighted by Gasteiger charge is -2.11. The van der Waals surface area contributed by atoms with Crippen molar-refractivity contribution in [3.8, 4) is 0 Å². The highest BCUT2D eigenvalue weighted by molar-refractivity contribution is 9.10. The number of hydrogen-bond acceptors (Lipinski definition) is 4. The summed E-state index contributed by atoms with van der Waals surface area (Å²) in [5, 5.41) is 7.77. The van der Waals surface area contributed by atoms with E-state index in [0.717, 1.165) is 12.5 Å². The summed E-state index contributed by atoms with van der Waals surface area (Å²) in [6.45, 7) is 1.91. The SMILES string of the molecule is CC(CC1CC1)NC(=O)c1cc(S(N)(=O)=O)c(Br)o1. The van der Waals surface area contributed by atoms with Crippen LogP contribution in [-0.4, -0.2) is 20.4 Å². The quantitative estimate of drug-likeness (QED) is 0.841. The van der Waals surface area contributed by atoms with Gasteiger partial charge in [-0.2, -0.15) is 0 Å². The minimum atomic E-state index is -3.90. The van der Waals surface area contributed by atoms with Crippen molar-refractivity contribution < 1.29 is 17.6 Å². The van der Waals surface area contributed by atoms with Gasteiger partial charge in [0, 0.05) is 12.1 Å². The molecule has 0 aromatic carbocycles. The average molecular weight is 351 g/mol. The summed E-state index contributed by atoms with van der Waals surface area (Å²) < 4.78 is 27.5. The molecule has 1 aromatic rings. The van der Waals surface area contributed by atoms with Gasteiger partial charge >= 0.3 is 0 Å². The molecule has 2 rings (SSSR count). The summed E-state index contributed by atoms with van der Waals surface area (Å²) in [5.74, 6) is 0.181. The minimum Gasteiger partial charge on any atom is -0.443 e. The Hall–Kier alpha value is -0.860. The maximum atomic E-state index is 11.9. The molecule has 8 heteroatoms. The number of carbonyl (C=O) groups excluding carboxylic acids is 1. The largest absolute Gasteiger partial charge is 0.443 e. The zero-order chi connectivity index (χ0) is 14.2. The van der Waals surface area contributed by atoms with Crippen molar-refractivity contribution in [3.63, 3.8) is 0 Å². The van der Waals surface area contributed by atoms with Crippen LogP contribution >= 0.6 is 15.9 Å². The zero-order valence-corrected chi connectivity index (χ0v) is 12.8. The molecule has 1 heterocycles. The number of carbonyl (C=O) groups is 1. The fraction of sp³-hybridized carbons (Fsp3) is 0.545. The van der Waals surface area contributed by atoms with Gasteiger partial charge in [0.1, 0.15) is 4.90 Å². The third kappa shape index (κ3) is 3.80. The van der Waals surface area contributed by atoms with Gasteiger partial charge in [0.15, 0.2) is 10.4 Å². The van der Waals surface area contributed by atoms with Crippen molar-refractivity contribution >= 4 is 31.9 Å². The van der Waals surface area contributed by atoms with Gasteiger partial charge in [0.2, 0.25) is 10.0 Å². The summed E-state index contributed by atoms with van der Waals surface area (Å²) in [4.78, 5) is 11.7. The maximum Gasteiger partial charge on any atom is 0.287 e. The number of rotatable bonds is 5. The normalized spacial score (nSPS) is 17.2. The molecule has 1 saturated carbocycles. The molecular weight excluding hydrogens is 336 g/mol. The summed E-state index contributed by atoms with van der Waals surface area (Å²) in [6, 6.07) is 1.15. The molecule has 1 atom stereocenters. The fourth-order valence-electron chi connectivity index (χ4n) is 1.87. The average Bonchev–Trinajstić information content (AvgIpc) is 2.96. The zero-order valence-electron chi connectivity index (χ0n) is 10.3. The summed E-state index contributed by atoms with van der Waals surface area (Å²) >= 11 is 2.93. The Labute approximate surface area is 119 Å². The van der Waals surface area contributed by atoms with Crippen molar-refractivity contribution in [2.45, 2.75) is 37.1 Å². The van der Waals surface area contributed by atoms with Gasteiger partial charge in [-0.25, -0.2) is 13.6 Å². The standard InChI is InChI=1S/C11H15BrN2O4S/c1-6(4-7-2-3-7)14-11(15)8-5-9(10(12)18-8)19(13,16)17/h5-7H,2-4H2,1H3,(H,14,15)(H2,13,16,17). The predicted octanol–water partition coefficient (Wildman–Crippen LogP) is 1.61. The molecule has 106 valence electrons. The first-order valence-electron chi connectivity index (χ1n) is 5.90. The monoisotopic (exact) mass is 350 g/mol. The first-order valence-corrected chi connectivity index (χ1v) is 8.24. The van der Waals surface area contributed by atoms with E-state index in [1.807, 2.05) is 6.92 Å². The highest BCUT2D eigenvalue weighted by Crippen LogP contribution is 2.33. The molecule has 0 radical (unpaired) electrons. The topological polar surface area (TPSA) is 102 Å². The molecule has 6 nitrogen and oxygen atoms in total. The van der Waals surface area contributed by atoms with Crippen LogP contribution in [0.5, 0.6) is 0 Å². The Balaban J connectivity index is 2.06. The van der Waals surface area contributed by atoms with E-state index in [1.54, 1.807) is 0 Å². The van der Waals surface area contributed by atoms with Crippen LogP contribution in [0.1, 0.15) is 36.7 Å². The highest BCUT2D eigenvalue weighted by Gasteiger charge is 2.26. The van der Waals surface area contributed by atoms with E-state index >= 15 is 0 Å². The Morgan fingerprint density at radius 1 is 1.63 bits per heavy atom. The van der Waals surface area contributed by atoms with Crippen LogP contribution in [0, 0.1) is 5.92 Å². The Morgan fingerprint density at radius 2 is 2.26 bits per heavy atom. The Bertz CT molecular complexity index is 592. The lowest BCUT2D eigenvalue weighted by atomic mass is 10.1. The van der Waals surface area contributed by atoms with Crippen LogP contribution in [-0.2, 0) is 10.0 Å². The summed E-state index contributed by atoms with van der Waals surface area (Å²) in [7, 11) is -3.90. The van der Waals surface area contributed by atoms with Crippen molar-refractivity contribution in [1.82, 2.24) is 5.32 Å². The molecule has 1 aliphatic carbocycles. The van der Waals surface area contributed by atoms with Gasteiger partial charge < -0.3 is 9.73 Å².